The Labute approximate surface area is 69.8 Å². The van der Waals surface area contributed by atoms with E-state index in [-0.39, 0.29) is 6.10 Å². The van der Waals surface area contributed by atoms with Crippen molar-refractivity contribution in [1.29, 1.82) is 0 Å². The van der Waals surface area contributed by atoms with Crippen LogP contribution in [0, 0.1) is 5.92 Å². The van der Waals surface area contributed by atoms with Crippen LogP contribution in [0.1, 0.15) is 39.5 Å². The van der Waals surface area contributed by atoms with E-state index < -0.39 is 0 Å². The molecule has 0 heterocycles. The molecule has 2 atom stereocenters. The molecule has 2 heteroatoms. The monoisotopic (exact) mass is 159 g/mol. The molecule has 0 aliphatic rings. The van der Waals surface area contributed by atoms with E-state index in [1.54, 1.807) is 0 Å². The predicted molar refractivity (Wildman–Crippen MR) is 48.4 cm³/mol. The lowest BCUT2D eigenvalue weighted by atomic mass is 9.98. The van der Waals surface area contributed by atoms with Gasteiger partial charge in [-0.05, 0) is 18.8 Å². The summed E-state index contributed by atoms with van der Waals surface area (Å²) in [7, 11) is 0. The Bertz CT molecular complexity index is 85.6. The first kappa shape index (κ1) is 10.9. The molecule has 0 bridgehead atoms. The van der Waals surface area contributed by atoms with Crippen molar-refractivity contribution in [3.05, 3.63) is 0 Å². The predicted octanol–water partition coefficient (Wildman–Crippen LogP) is 1.52. The number of aliphatic hydroxyl groups is 1. The zero-order chi connectivity index (χ0) is 8.69. The third-order valence-electron chi connectivity index (χ3n) is 2.05. The van der Waals surface area contributed by atoms with Gasteiger partial charge in [0, 0.05) is 6.54 Å². The van der Waals surface area contributed by atoms with E-state index in [9.17, 15) is 0 Å². The number of rotatable bonds is 6. The van der Waals surface area contributed by atoms with Crippen molar-refractivity contribution in [2.45, 2.75) is 45.6 Å². The van der Waals surface area contributed by atoms with E-state index in [1.165, 1.54) is 12.8 Å². The zero-order valence-electron chi connectivity index (χ0n) is 7.71. The van der Waals surface area contributed by atoms with Gasteiger partial charge in [0.1, 0.15) is 0 Å². The van der Waals surface area contributed by atoms with Gasteiger partial charge in [-0.25, -0.2) is 0 Å². The lowest BCUT2D eigenvalue weighted by Gasteiger charge is -2.12. The Kier molecular flexibility index (Phi) is 6.57. The van der Waals surface area contributed by atoms with Crippen molar-refractivity contribution in [3.63, 3.8) is 0 Å². The molecule has 0 fully saturated rings. The first-order valence-electron chi connectivity index (χ1n) is 4.58. The minimum Gasteiger partial charge on any atom is -0.392 e. The standard InChI is InChI=1S/C9H21NO/c1-3-4-8(2)5-6-9(11)7-10/h8-9,11H,3-7,10H2,1-2H3. The smallest absolute Gasteiger partial charge is 0.0662 e. The Hall–Kier alpha value is -0.0800. The second-order valence-electron chi connectivity index (χ2n) is 3.36. The second kappa shape index (κ2) is 6.62. The van der Waals surface area contributed by atoms with Crippen molar-refractivity contribution in [1.82, 2.24) is 0 Å². The number of hydrogen-bond donors (Lipinski definition) is 2. The van der Waals surface area contributed by atoms with Crippen LogP contribution < -0.4 is 5.73 Å². The maximum absolute atomic E-state index is 9.15. The molecule has 0 rings (SSSR count). The van der Waals surface area contributed by atoms with Gasteiger partial charge >= 0.3 is 0 Å². The van der Waals surface area contributed by atoms with Crippen LogP contribution in [0.2, 0.25) is 0 Å². The first-order chi connectivity index (χ1) is 5.20. The highest BCUT2D eigenvalue weighted by molar-refractivity contribution is 4.59. The molecule has 0 amide bonds. The first-order valence-corrected chi connectivity index (χ1v) is 4.58. The summed E-state index contributed by atoms with van der Waals surface area (Å²) in [5, 5.41) is 9.15. The van der Waals surface area contributed by atoms with Gasteiger partial charge in [-0.1, -0.05) is 26.7 Å². The summed E-state index contributed by atoms with van der Waals surface area (Å²) in [6, 6.07) is 0. The molecular formula is C9H21NO. The van der Waals surface area contributed by atoms with Crippen molar-refractivity contribution in [3.8, 4) is 0 Å². The van der Waals surface area contributed by atoms with E-state index >= 15 is 0 Å². The zero-order valence-corrected chi connectivity index (χ0v) is 7.71. The van der Waals surface area contributed by atoms with Gasteiger partial charge in [0.2, 0.25) is 0 Å². The van der Waals surface area contributed by atoms with E-state index in [0.29, 0.717) is 6.54 Å². The van der Waals surface area contributed by atoms with Gasteiger partial charge in [-0.2, -0.15) is 0 Å². The average molecular weight is 159 g/mol. The van der Waals surface area contributed by atoms with Crippen LogP contribution in [0.5, 0.6) is 0 Å². The summed E-state index contributed by atoms with van der Waals surface area (Å²) in [6.45, 7) is 4.82. The number of hydrogen-bond acceptors (Lipinski definition) is 2. The summed E-state index contributed by atoms with van der Waals surface area (Å²) in [4.78, 5) is 0. The summed E-state index contributed by atoms with van der Waals surface area (Å²) in [5.74, 6) is 0.737. The SMILES string of the molecule is CCCC(C)CCC(O)CN. The quantitative estimate of drug-likeness (QED) is 0.617. The van der Waals surface area contributed by atoms with Crippen LogP contribution in [0.15, 0.2) is 0 Å². The highest BCUT2D eigenvalue weighted by atomic mass is 16.3. The Morgan fingerprint density at radius 1 is 1.27 bits per heavy atom. The van der Waals surface area contributed by atoms with Crippen molar-refractivity contribution in [2.75, 3.05) is 6.54 Å². The molecule has 0 saturated heterocycles. The third-order valence-corrected chi connectivity index (χ3v) is 2.05. The molecule has 3 N–H and O–H groups in total. The summed E-state index contributed by atoms with van der Waals surface area (Å²) in [6.07, 6.45) is 4.18. The lowest BCUT2D eigenvalue weighted by Crippen LogP contribution is -2.20. The Morgan fingerprint density at radius 2 is 1.91 bits per heavy atom. The van der Waals surface area contributed by atoms with E-state index in [1.807, 2.05) is 0 Å². The molecule has 0 spiro atoms. The summed E-state index contributed by atoms with van der Waals surface area (Å²) in [5.41, 5.74) is 5.28. The van der Waals surface area contributed by atoms with Gasteiger partial charge in [-0.15, -0.1) is 0 Å². The summed E-state index contributed by atoms with van der Waals surface area (Å²) >= 11 is 0. The maximum Gasteiger partial charge on any atom is 0.0662 e. The highest BCUT2D eigenvalue weighted by Crippen LogP contribution is 2.13. The minimum absolute atomic E-state index is 0.283. The van der Waals surface area contributed by atoms with Gasteiger partial charge in [0.25, 0.3) is 0 Å². The largest absolute Gasteiger partial charge is 0.392 e. The van der Waals surface area contributed by atoms with E-state index in [0.717, 1.165) is 18.8 Å². The van der Waals surface area contributed by atoms with Gasteiger partial charge < -0.3 is 10.8 Å². The van der Waals surface area contributed by atoms with Crippen LogP contribution in [-0.4, -0.2) is 17.8 Å². The minimum atomic E-state index is -0.283. The molecule has 0 aliphatic carbocycles. The molecule has 0 aliphatic heterocycles. The van der Waals surface area contributed by atoms with E-state index in [4.69, 9.17) is 10.8 Å². The molecular weight excluding hydrogens is 138 g/mol. The van der Waals surface area contributed by atoms with Gasteiger partial charge in [0.15, 0.2) is 0 Å². The van der Waals surface area contributed by atoms with Crippen LogP contribution in [0.3, 0.4) is 0 Å². The Morgan fingerprint density at radius 3 is 2.36 bits per heavy atom. The fourth-order valence-corrected chi connectivity index (χ4v) is 1.23. The molecule has 2 nitrogen and oxygen atoms in total. The van der Waals surface area contributed by atoms with Crippen LogP contribution >= 0.6 is 0 Å². The van der Waals surface area contributed by atoms with Gasteiger partial charge in [-0.3, -0.25) is 0 Å². The number of aliphatic hydroxyl groups excluding tert-OH is 1. The average Bonchev–Trinajstić information content (AvgIpc) is 2.01. The van der Waals surface area contributed by atoms with Gasteiger partial charge in [0.05, 0.1) is 6.10 Å². The summed E-state index contributed by atoms with van der Waals surface area (Å²) < 4.78 is 0. The van der Waals surface area contributed by atoms with Crippen LogP contribution in [0.4, 0.5) is 0 Å². The Balaban J connectivity index is 3.22. The molecule has 68 valence electrons. The molecule has 0 aromatic heterocycles. The molecule has 0 aromatic carbocycles. The fraction of sp³-hybridized carbons (Fsp3) is 1.00. The molecule has 11 heavy (non-hydrogen) atoms. The van der Waals surface area contributed by atoms with Crippen molar-refractivity contribution < 1.29 is 5.11 Å². The molecule has 0 aromatic rings. The molecule has 2 unspecified atom stereocenters. The second-order valence-corrected chi connectivity index (χ2v) is 3.36. The van der Waals surface area contributed by atoms with E-state index in [2.05, 4.69) is 13.8 Å². The topological polar surface area (TPSA) is 46.2 Å². The highest BCUT2D eigenvalue weighted by Gasteiger charge is 2.04. The third kappa shape index (κ3) is 6.32. The van der Waals surface area contributed by atoms with Crippen LogP contribution in [0.25, 0.3) is 0 Å². The fourth-order valence-electron chi connectivity index (χ4n) is 1.23. The van der Waals surface area contributed by atoms with Crippen molar-refractivity contribution >= 4 is 0 Å². The van der Waals surface area contributed by atoms with Crippen LogP contribution in [-0.2, 0) is 0 Å². The molecule has 0 saturated carbocycles. The normalized spacial score (nSPS) is 16.4. The molecule has 0 radical (unpaired) electrons. The maximum atomic E-state index is 9.15. The number of nitrogens with two attached hydrogens (primary N) is 1. The lowest BCUT2D eigenvalue weighted by molar-refractivity contribution is 0.162. The van der Waals surface area contributed by atoms with Crippen molar-refractivity contribution in [2.24, 2.45) is 11.7 Å².